The van der Waals surface area contributed by atoms with Crippen molar-refractivity contribution in [1.29, 1.82) is 0 Å². The minimum absolute atomic E-state index is 0.00770. The van der Waals surface area contributed by atoms with Crippen molar-refractivity contribution in [2.75, 3.05) is 41.3 Å². The molecule has 36 heavy (non-hydrogen) atoms. The van der Waals surface area contributed by atoms with Crippen LogP contribution in [-0.4, -0.2) is 74.6 Å². The molecule has 1 saturated heterocycles. The van der Waals surface area contributed by atoms with Crippen LogP contribution in [0.4, 0.5) is 26.9 Å². The van der Waals surface area contributed by atoms with Crippen LogP contribution in [-0.2, 0) is 18.2 Å². The van der Waals surface area contributed by atoms with Gasteiger partial charge in [0, 0.05) is 68.3 Å². The zero-order valence-electron chi connectivity index (χ0n) is 21.4. The Morgan fingerprint density at radius 3 is 2.72 bits per heavy atom. The fourth-order valence-electron chi connectivity index (χ4n) is 4.83. The van der Waals surface area contributed by atoms with E-state index in [0.717, 1.165) is 22.2 Å². The maximum atomic E-state index is 13.1. The molecule has 3 aromatic rings. The van der Waals surface area contributed by atoms with Crippen molar-refractivity contribution < 1.29 is 14.3 Å². The van der Waals surface area contributed by atoms with Crippen LogP contribution in [0.3, 0.4) is 0 Å². The van der Waals surface area contributed by atoms with E-state index in [0.29, 0.717) is 44.2 Å². The average molecular weight is 493 g/mol. The molecule has 1 fully saturated rings. The van der Waals surface area contributed by atoms with Crippen LogP contribution in [0, 0.1) is 0 Å². The maximum Gasteiger partial charge on any atom is 0.410 e. The molecule has 2 aliphatic heterocycles. The highest BCUT2D eigenvalue weighted by molar-refractivity contribution is 6.03. The van der Waals surface area contributed by atoms with E-state index >= 15 is 0 Å². The molecule has 11 heteroatoms. The molecule has 2 aliphatic rings. The molecule has 5 heterocycles. The van der Waals surface area contributed by atoms with Gasteiger partial charge in [-0.1, -0.05) is 0 Å². The number of pyridine rings is 2. The number of nitrogens with one attached hydrogen (secondary N) is 1. The Kier molecular flexibility index (Phi) is 5.93. The minimum atomic E-state index is -0.525. The summed E-state index contributed by atoms with van der Waals surface area (Å²) in [5, 5.41) is 8.12. The molecule has 0 radical (unpaired) electrons. The number of hydrogen-bond acceptors (Lipinski definition) is 7. The highest BCUT2D eigenvalue weighted by Gasteiger charge is 2.34. The lowest BCUT2D eigenvalue weighted by Crippen LogP contribution is -2.55. The number of urea groups is 1. The largest absolute Gasteiger partial charge is 0.444 e. The summed E-state index contributed by atoms with van der Waals surface area (Å²) in [5.74, 6) is 1.13. The SMILES string of the molecule is C[C@@H]1CN(c2ccnc3c2CCN3C(=O)Nc2cc3cn(C)nc3cn2)CCN1C(=O)OC(C)(C)C. The molecule has 0 aliphatic carbocycles. The predicted octanol–water partition coefficient (Wildman–Crippen LogP) is 3.40. The Morgan fingerprint density at radius 1 is 1.17 bits per heavy atom. The summed E-state index contributed by atoms with van der Waals surface area (Å²) >= 11 is 0. The van der Waals surface area contributed by atoms with Crippen LogP contribution in [0.1, 0.15) is 33.3 Å². The second kappa shape index (κ2) is 8.96. The van der Waals surface area contributed by atoms with E-state index < -0.39 is 5.60 Å². The van der Waals surface area contributed by atoms with Crippen LogP contribution >= 0.6 is 0 Å². The Morgan fingerprint density at radius 2 is 1.97 bits per heavy atom. The molecular formula is C25H32N8O3. The first-order valence-electron chi connectivity index (χ1n) is 12.2. The van der Waals surface area contributed by atoms with Crippen molar-refractivity contribution in [3.8, 4) is 0 Å². The summed E-state index contributed by atoms with van der Waals surface area (Å²) < 4.78 is 7.29. The lowest BCUT2D eigenvalue weighted by atomic mass is 10.1. The van der Waals surface area contributed by atoms with E-state index in [2.05, 4.69) is 25.3 Å². The molecule has 3 aromatic heterocycles. The van der Waals surface area contributed by atoms with E-state index in [9.17, 15) is 9.59 Å². The molecule has 1 N–H and O–H groups in total. The predicted molar refractivity (Wildman–Crippen MR) is 137 cm³/mol. The quantitative estimate of drug-likeness (QED) is 0.584. The van der Waals surface area contributed by atoms with Crippen LogP contribution < -0.4 is 15.1 Å². The summed E-state index contributed by atoms with van der Waals surface area (Å²) in [6, 6.07) is 3.53. The molecule has 0 saturated carbocycles. The van der Waals surface area contributed by atoms with Gasteiger partial charge in [-0.25, -0.2) is 19.6 Å². The summed E-state index contributed by atoms with van der Waals surface area (Å²) in [6.45, 7) is 10.1. The van der Waals surface area contributed by atoms with E-state index in [4.69, 9.17) is 4.74 Å². The van der Waals surface area contributed by atoms with Gasteiger partial charge in [0.1, 0.15) is 22.8 Å². The summed E-state index contributed by atoms with van der Waals surface area (Å²) in [4.78, 5) is 40.3. The van der Waals surface area contributed by atoms with Crippen LogP contribution in [0.15, 0.2) is 30.7 Å². The number of rotatable bonds is 2. The first-order chi connectivity index (χ1) is 17.1. The Labute approximate surface area is 210 Å². The van der Waals surface area contributed by atoms with Gasteiger partial charge in [-0.05, 0) is 46.2 Å². The van der Waals surface area contributed by atoms with Crippen molar-refractivity contribution >= 4 is 40.4 Å². The molecular weight excluding hydrogens is 460 g/mol. The number of nitrogens with zero attached hydrogens (tertiary/aromatic N) is 7. The van der Waals surface area contributed by atoms with E-state index in [1.807, 2.05) is 53.1 Å². The first-order valence-corrected chi connectivity index (χ1v) is 12.2. The van der Waals surface area contributed by atoms with Gasteiger partial charge in [-0.2, -0.15) is 5.10 Å². The van der Waals surface area contributed by atoms with Crippen LogP contribution in [0.25, 0.3) is 10.9 Å². The zero-order chi connectivity index (χ0) is 25.6. The van der Waals surface area contributed by atoms with Gasteiger partial charge in [0.25, 0.3) is 0 Å². The van der Waals surface area contributed by atoms with Gasteiger partial charge in [-0.3, -0.25) is 14.9 Å². The minimum Gasteiger partial charge on any atom is -0.444 e. The number of fused-ring (bicyclic) bond motifs is 2. The van der Waals surface area contributed by atoms with Crippen molar-refractivity contribution in [1.82, 2.24) is 24.6 Å². The number of aromatic nitrogens is 4. The Balaban J connectivity index is 1.29. The third-order valence-electron chi connectivity index (χ3n) is 6.43. The molecule has 11 nitrogen and oxygen atoms in total. The van der Waals surface area contributed by atoms with Gasteiger partial charge in [-0.15, -0.1) is 0 Å². The first kappa shape index (κ1) is 23.8. The number of anilines is 3. The molecule has 0 spiro atoms. The third-order valence-corrected chi connectivity index (χ3v) is 6.43. The standard InChI is InChI=1S/C25H32N8O3/c1-16-14-31(10-11-32(16)24(35)36-25(2,3)4)20-6-8-26-22-18(20)7-9-33(22)23(34)28-21-12-17-15-30(5)29-19(17)13-27-21/h6,8,12-13,15-16H,7,9-11,14H2,1-5H3,(H,28,34)/t16-/m1/s1. The maximum absolute atomic E-state index is 13.1. The number of hydrogen-bond donors (Lipinski definition) is 1. The van der Waals surface area contributed by atoms with E-state index in [-0.39, 0.29) is 18.2 Å². The molecule has 190 valence electrons. The van der Waals surface area contributed by atoms with Crippen molar-refractivity contribution in [2.45, 2.75) is 45.8 Å². The number of ether oxygens (including phenoxy) is 1. The molecule has 1 atom stereocenters. The second-order valence-corrected chi connectivity index (χ2v) is 10.4. The third kappa shape index (κ3) is 4.65. The van der Waals surface area contributed by atoms with Gasteiger partial charge < -0.3 is 14.5 Å². The summed E-state index contributed by atoms with van der Waals surface area (Å²) in [7, 11) is 1.85. The van der Waals surface area contributed by atoms with Gasteiger partial charge in [0.15, 0.2) is 0 Å². The Bertz CT molecular complexity index is 1310. The van der Waals surface area contributed by atoms with Crippen LogP contribution in [0.2, 0.25) is 0 Å². The van der Waals surface area contributed by atoms with Crippen LogP contribution in [0.5, 0.6) is 0 Å². The lowest BCUT2D eigenvalue weighted by Gasteiger charge is -2.41. The number of amides is 3. The number of carbonyl (C=O) groups is 2. The molecule has 0 bridgehead atoms. The molecule has 5 rings (SSSR count). The van der Waals surface area contributed by atoms with Gasteiger partial charge >= 0.3 is 12.1 Å². The zero-order valence-corrected chi connectivity index (χ0v) is 21.4. The summed E-state index contributed by atoms with van der Waals surface area (Å²) in [5.41, 5.74) is 2.35. The Hall–Kier alpha value is -3.89. The lowest BCUT2D eigenvalue weighted by molar-refractivity contribution is 0.0159. The van der Waals surface area contributed by atoms with E-state index in [1.165, 1.54) is 0 Å². The van der Waals surface area contributed by atoms with Crippen molar-refractivity contribution in [3.05, 3.63) is 36.3 Å². The normalized spacial score (nSPS) is 17.9. The summed E-state index contributed by atoms with van der Waals surface area (Å²) in [6.07, 6.45) is 5.70. The fraction of sp³-hybridized carbons (Fsp3) is 0.480. The van der Waals surface area contributed by atoms with E-state index in [1.54, 1.807) is 26.9 Å². The molecule has 0 aromatic carbocycles. The highest BCUT2D eigenvalue weighted by Crippen LogP contribution is 2.35. The van der Waals surface area contributed by atoms with Gasteiger partial charge in [0.2, 0.25) is 0 Å². The molecule has 0 unspecified atom stereocenters. The number of aryl methyl sites for hydroxylation is 1. The topological polar surface area (TPSA) is 109 Å². The highest BCUT2D eigenvalue weighted by atomic mass is 16.6. The van der Waals surface area contributed by atoms with Gasteiger partial charge in [0.05, 0.1) is 6.20 Å². The van der Waals surface area contributed by atoms with Crippen molar-refractivity contribution in [2.24, 2.45) is 7.05 Å². The second-order valence-electron chi connectivity index (χ2n) is 10.4. The molecule has 3 amide bonds. The average Bonchev–Trinajstić information content (AvgIpc) is 3.40. The number of piperazine rings is 1. The smallest absolute Gasteiger partial charge is 0.410 e. The number of carbonyl (C=O) groups excluding carboxylic acids is 2. The van der Waals surface area contributed by atoms with Crippen molar-refractivity contribution in [3.63, 3.8) is 0 Å². The fourth-order valence-corrected chi connectivity index (χ4v) is 4.83. The monoisotopic (exact) mass is 492 g/mol.